The van der Waals surface area contributed by atoms with Gasteiger partial charge in [0.05, 0.1) is 31.6 Å². The van der Waals surface area contributed by atoms with E-state index in [1.54, 1.807) is 22.7 Å². The molecule has 4 heterocycles. The van der Waals surface area contributed by atoms with Crippen molar-refractivity contribution in [2.75, 3.05) is 31.7 Å². The van der Waals surface area contributed by atoms with Gasteiger partial charge >= 0.3 is 0 Å². The maximum Gasteiger partial charge on any atom is 0.223 e. The molecule has 0 aromatic carbocycles. The Morgan fingerprint density at radius 2 is 2.25 bits per heavy atom. The zero-order valence-corrected chi connectivity index (χ0v) is 14.6. The van der Waals surface area contributed by atoms with E-state index in [1.165, 1.54) is 4.88 Å². The summed E-state index contributed by atoms with van der Waals surface area (Å²) >= 11 is 3.36. The molecule has 3 aromatic heterocycles. The van der Waals surface area contributed by atoms with E-state index in [-0.39, 0.29) is 6.10 Å². The highest BCUT2D eigenvalue weighted by Crippen LogP contribution is 2.34. The first-order chi connectivity index (χ1) is 11.9. The van der Waals surface area contributed by atoms with Crippen molar-refractivity contribution in [1.29, 1.82) is 0 Å². The van der Waals surface area contributed by atoms with Crippen molar-refractivity contribution < 1.29 is 9.47 Å². The van der Waals surface area contributed by atoms with Crippen LogP contribution >= 0.6 is 22.7 Å². The van der Waals surface area contributed by atoms with E-state index in [2.05, 4.69) is 38.6 Å². The van der Waals surface area contributed by atoms with Gasteiger partial charge in [-0.25, -0.2) is 9.97 Å². The second kappa shape index (κ2) is 7.40. The van der Waals surface area contributed by atoms with Crippen molar-refractivity contribution >= 4 is 28.6 Å². The van der Waals surface area contributed by atoms with Crippen LogP contribution in [0, 0.1) is 0 Å². The van der Waals surface area contributed by atoms with E-state index >= 15 is 0 Å². The SMILES string of the molecule is c1csc(-c2cnc(NCC3COCCO3)nc2-c2ccsc2)c1. The van der Waals surface area contributed by atoms with Gasteiger partial charge in [0.15, 0.2) is 0 Å². The van der Waals surface area contributed by atoms with Crippen LogP contribution in [0.1, 0.15) is 0 Å². The molecule has 0 aliphatic carbocycles. The fourth-order valence-corrected chi connectivity index (χ4v) is 3.94. The Hall–Kier alpha value is -1.80. The lowest BCUT2D eigenvalue weighted by Crippen LogP contribution is -2.34. The standard InChI is InChI=1S/C17H17N3O2S2/c1-2-15(24-6-1)14-9-19-17(18-8-13-10-21-4-5-22-13)20-16(14)12-3-7-23-11-12/h1-3,6-7,9,11,13H,4-5,8,10H2,(H,18,19,20). The summed E-state index contributed by atoms with van der Waals surface area (Å²) in [6.07, 6.45) is 1.94. The van der Waals surface area contributed by atoms with E-state index in [4.69, 9.17) is 14.5 Å². The molecule has 24 heavy (non-hydrogen) atoms. The minimum absolute atomic E-state index is 0.0453. The molecule has 0 saturated carbocycles. The van der Waals surface area contributed by atoms with Gasteiger partial charge in [-0.2, -0.15) is 11.3 Å². The molecule has 0 radical (unpaired) electrons. The normalized spacial score (nSPS) is 17.8. The molecule has 1 atom stereocenters. The first-order valence-electron chi connectivity index (χ1n) is 7.77. The van der Waals surface area contributed by atoms with Gasteiger partial charge in [-0.3, -0.25) is 0 Å². The average molecular weight is 359 g/mol. The fraction of sp³-hybridized carbons (Fsp3) is 0.294. The lowest BCUT2D eigenvalue weighted by Gasteiger charge is -2.23. The number of hydrogen-bond acceptors (Lipinski definition) is 7. The van der Waals surface area contributed by atoms with Gasteiger partial charge in [0.2, 0.25) is 5.95 Å². The maximum atomic E-state index is 5.65. The lowest BCUT2D eigenvalue weighted by atomic mass is 10.1. The lowest BCUT2D eigenvalue weighted by molar-refractivity contribution is -0.0819. The van der Waals surface area contributed by atoms with Crippen LogP contribution in [0.5, 0.6) is 0 Å². The summed E-state index contributed by atoms with van der Waals surface area (Å²) in [6.45, 7) is 2.56. The summed E-state index contributed by atoms with van der Waals surface area (Å²) in [4.78, 5) is 10.4. The predicted molar refractivity (Wildman–Crippen MR) is 97.7 cm³/mol. The fourth-order valence-electron chi connectivity index (χ4n) is 2.56. The maximum absolute atomic E-state index is 5.65. The zero-order chi connectivity index (χ0) is 16.2. The topological polar surface area (TPSA) is 56.3 Å². The van der Waals surface area contributed by atoms with Gasteiger partial charge in [0.1, 0.15) is 0 Å². The third-order valence-corrected chi connectivity index (χ3v) is 5.33. The Balaban J connectivity index is 1.59. The van der Waals surface area contributed by atoms with Gasteiger partial charge in [-0.15, -0.1) is 11.3 Å². The molecule has 0 bridgehead atoms. The van der Waals surface area contributed by atoms with Gasteiger partial charge in [0, 0.05) is 34.1 Å². The largest absolute Gasteiger partial charge is 0.376 e. The second-order valence-corrected chi connectivity index (χ2v) is 7.12. The predicted octanol–water partition coefficient (Wildman–Crippen LogP) is 3.76. The summed E-state index contributed by atoms with van der Waals surface area (Å²) in [6, 6.07) is 6.23. The van der Waals surface area contributed by atoms with Crippen molar-refractivity contribution in [3.8, 4) is 21.7 Å². The molecular weight excluding hydrogens is 342 g/mol. The quantitative estimate of drug-likeness (QED) is 0.752. The van der Waals surface area contributed by atoms with Gasteiger partial charge in [-0.1, -0.05) is 6.07 Å². The van der Waals surface area contributed by atoms with Crippen LogP contribution in [-0.4, -0.2) is 42.4 Å². The van der Waals surface area contributed by atoms with Crippen LogP contribution in [0.4, 0.5) is 5.95 Å². The third kappa shape index (κ3) is 3.49. The highest BCUT2D eigenvalue weighted by molar-refractivity contribution is 7.13. The van der Waals surface area contributed by atoms with Crippen molar-refractivity contribution in [2.24, 2.45) is 0 Å². The molecule has 7 heteroatoms. The number of ether oxygens (including phenoxy) is 2. The number of hydrogen-bond donors (Lipinski definition) is 1. The zero-order valence-electron chi connectivity index (χ0n) is 13.0. The second-order valence-electron chi connectivity index (χ2n) is 5.39. The average Bonchev–Trinajstić information content (AvgIpc) is 3.34. The van der Waals surface area contributed by atoms with Gasteiger partial charge < -0.3 is 14.8 Å². The van der Waals surface area contributed by atoms with E-state index in [0.717, 1.165) is 16.8 Å². The molecule has 3 aromatic rings. The Morgan fingerprint density at radius 1 is 1.25 bits per heavy atom. The third-order valence-electron chi connectivity index (χ3n) is 3.74. The van der Waals surface area contributed by atoms with Crippen LogP contribution in [-0.2, 0) is 9.47 Å². The number of nitrogens with zero attached hydrogens (tertiary/aromatic N) is 2. The van der Waals surface area contributed by atoms with E-state index < -0.39 is 0 Å². The summed E-state index contributed by atoms with van der Waals surface area (Å²) in [5, 5.41) is 9.52. The van der Waals surface area contributed by atoms with Crippen molar-refractivity contribution in [1.82, 2.24) is 9.97 Å². The monoisotopic (exact) mass is 359 g/mol. The molecular formula is C17H17N3O2S2. The summed E-state index contributed by atoms with van der Waals surface area (Å²) in [5.41, 5.74) is 3.13. The smallest absolute Gasteiger partial charge is 0.223 e. The molecule has 1 aliphatic rings. The van der Waals surface area contributed by atoms with E-state index in [9.17, 15) is 0 Å². The molecule has 1 aliphatic heterocycles. The van der Waals surface area contributed by atoms with Crippen molar-refractivity contribution in [3.05, 3.63) is 40.5 Å². The summed E-state index contributed by atoms with van der Waals surface area (Å²) in [5.74, 6) is 0.616. The van der Waals surface area contributed by atoms with Crippen LogP contribution < -0.4 is 5.32 Å². The van der Waals surface area contributed by atoms with Crippen molar-refractivity contribution in [3.63, 3.8) is 0 Å². The van der Waals surface area contributed by atoms with Crippen LogP contribution in [0.2, 0.25) is 0 Å². The molecule has 0 amide bonds. The van der Waals surface area contributed by atoms with Crippen molar-refractivity contribution in [2.45, 2.75) is 6.10 Å². The number of rotatable bonds is 5. The highest BCUT2D eigenvalue weighted by atomic mass is 32.1. The number of nitrogens with one attached hydrogen (secondary N) is 1. The first-order valence-corrected chi connectivity index (χ1v) is 9.59. The Bertz CT molecular complexity index is 769. The summed E-state index contributed by atoms with van der Waals surface area (Å²) in [7, 11) is 0. The minimum Gasteiger partial charge on any atom is -0.376 e. The van der Waals surface area contributed by atoms with Gasteiger partial charge in [-0.05, 0) is 22.9 Å². The summed E-state index contributed by atoms with van der Waals surface area (Å²) < 4.78 is 11.1. The molecule has 4 rings (SSSR count). The van der Waals surface area contributed by atoms with Crippen LogP contribution in [0.3, 0.4) is 0 Å². The number of anilines is 1. The molecule has 1 saturated heterocycles. The molecule has 5 nitrogen and oxygen atoms in total. The molecule has 124 valence electrons. The number of thiophene rings is 2. The minimum atomic E-state index is 0.0453. The van der Waals surface area contributed by atoms with E-state index in [0.29, 0.717) is 32.3 Å². The Labute approximate surface area is 148 Å². The van der Waals surface area contributed by atoms with Crippen LogP contribution in [0.15, 0.2) is 40.5 Å². The van der Waals surface area contributed by atoms with Gasteiger partial charge in [0.25, 0.3) is 0 Å². The number of aromatic nitrogens is 2. The van der Waals surface area contributed by atoms with E-state index in [1.807, 2.05) is 12.3 Å². The molecule has 1 unspecified atom stereocenters. The molecule has 1 fully saturated rings. The molecule has 1 N–H and O–H groups in total. The van der Waals surface area contributed by atoms with Crippen LogP contribution in [0.25, 0.3) is 21.7 Å². The molecule has 0 spiro atoms. The first kappa shape index (κ1) is 15.7. The Kier molecular flexibility index (Phi) is 4.84. The Morgan fingerprint density at radius 3 is 3.00 bits per heavy atom. The highest BCUT2D eigenvalue weighted by Gasteiger charge is 2.16.